The van der Waals surface area contributed by atoms with Crippen LogP contribution < -0.4 is 15.2 Å². The van der Waals surface area contributed by atoms with Crippen molar-refractivity contribution in [1.29, 1.82) is 0 Å². The molecule has 2 N–H and O–H groups in total. The molecule has 0 bridgehead atoms. The average Bonchev–Trinajstić information content (AvgIpc) is 2.87. The number of ether oxygens (including phenoxy) is 2. The van der Waals surface area contributed by atoms with Gasteiger partial charge in [-0.25, -0.2) is 4.98 Å². The van der Waals surface area contributed by atoms with E-state index in [1.807, 2.05) is 42.5 Å². The minimum absolute atomic E-state index is 0.485. The molecule has 0 unspecified atom stereocenters. The summed E-state index contributed by atoms with van der Waals surface area (Å²) in [6.07, 6.45) is 0. The van der Waals surface area contributed by atoms with E-state index in [-0.39, 0.29) is 0 Å². The second-order valence-corrected chi connectivity index (χ2v) is 5.34. The number of nitrogens with two attached hydrogens (primary N) is 1. The van der Waals surface area contributed by atoms with Crippen LogP contribution in [0.2, 0.25) is 0 Å². The molecule has 0 spiro atoms. The van der Waals surface area contributed by atoms with Crippen LogP contribution in [0.5, 0.6) is 10.9 Å². The van der Waals surface area contributed by atoms with Crippen molar-refractivity contribution in [2.45, 2.75) is 6.61 Å². The molecule has 0 aliphatic rings. The van der Waals surface area contributed by atoms with E-state index in [0.29, 0.717) is 11.8 Å². The lowest BCUT2D eigenvalue weighted by Crippen LogP contribution is -1.94. The highest BCUT2D eigenvalue weighted by Crippen LogP contribution is 2.29. The maximum atomic E-state index is 5.75. The van der Waals surface area contributed by atoms with Crippen molar-refractivity contribution in [2.24, 2.45) is 0 Å². The van der Waals surface area contributed by atoms with E-state index in [4.69, 9.17) is 15.2 Å². The summed E-state index contributed by atoms with van der Waals surface area (Å²) in [6, 6.07) is 13.4. The normalized spacial score (nSPS) is 10.7. The Balaban J connectivity index is 1.72. The summed E-state index contributed by atoms with van der Waals surface area (Å²) in [5.74, 6) is 0.837. The molecule has 5 heteroatoms. The zero-order chi connectivity index (χ0) is 13.9. The van der Waals surface area contributed by atoms with Gasteiger partial charge in [-0.3, -0.25) is 0 Å². The number of aromatic nitrogens is 1. The molecule has 20 heavy (non-hydrogen) atoms. The van der Waals surface area contributed by atoms with Crippen LogP contribution in [0.1, 0.15) is 5.56 Å². The molecule has 3 aromatic rings. The number of hydrogen-bond donors (Lipinski definition) is 1. The number of hydrogen-bond acceptors (Lipinski definition) is 5. The molecule has 0 atom stereocenters. The largest absolute Gasteiger partial charge is 0.497 e. The van der Waals surface area contributed by atoms with Crippen molar-refractivity contribution in [3.05, 3.63) is 48.0 Å². The van der Waals surface area contributed by atoms with Gasteiger partial charge in [0, 0.05) is 5.69 Å². The minimum Gasteiger partial charge on any atom is -0.497 e. The molecule has 0 amide bonds. The third-order valence-corrected chi connectivity index (χ3v) is 3.84. The van der Waals surface area contributed by atoms with Crippen LogP contribution in [0.25, 0.3) is 10.2 Å². The molecular weight excluding hydrogens is 272 g/mol. The van der Waals surface area contributed by atoms with Crippen LogP contribution in [0.4, 0.5) is 5.69 Å². The maximum absolute atomic E-state index is 5.75. The van der Waals surface area contributed by atoms with E-state index < -0.39 is 0 Å². The van der Waals surface area contributed by atoms with Crippen LogP contribution in [0.15, 0.2) is 42.5 Å². The highest BCUT2D eigenvalue weighted by Gasteiger charge is 2.05. The van der Waals surface area contributed by atoms with Gasteiger partial charge in [0.25, 0.3) is 5.19 Å². The summed E-state index contributed by atoms with van der Waals surface area (Å²) >= 11 is 1.50. The Morgan fingerprint density at radius 3 is 2.70 bits per heavy atom. The number of nitrogen functional groups attached to an aromatic ring is 1. The Morgan fingerprint density at radius 2 is 1.95 bits per heavy atom. The zero-order valence-electron chi connectivity index (χ0n) is 11.0. The first-order valence-electron chi connectivity index (χ1n) is 6.16. The third kappa shape index (κ3) is 2.67. The average molecular weight is 286 g/mol. The smallest absolute Gasteiger partial charge is 0.274 e. The molecule has 0 aliphatic carbocycles. The first kappa shape index (κ1) is 12.7. The minimum atomic E-state index is 0.485. The lowest BCUT2D eigenvalue weighted by Gasteiger charge is -2.03. The predicted molar refractivity (Wildman–Crippen MR) is 81.4 cm³/mol. The molecule has 0 radical (unpaired) electrons. The van der Waals surface area contributed by atoms with Crippen LogP contribution in [-0.2, 0) is 6.61 Å². The van der Waals surface area contributed by atoms with Gasteiger partial charge in [0.05, 0.1) is 17.3 Å². The maximum Gasteiger partial charge on any atom is 0.274 e. The number of nitrogens with zero attached hydrogens (tertiary/aromatic N) is 1. The second-order valence-electron chi connectivity index (χ2n) is 4.34. The summed E-state index contributed by atoms with van der Waals surface area (Å²) < 4.78 is 11.9. The number of methoxy groups -OCH3 is 1. The number of rotatable bonds is 4. The van der Waals surface area contributed by atoms with Crippen LogP contribution in [0.3, 0.4) is 0 Å². The van der Waals surface area contributed by atoms with Gasteiger partial charge in [-0.1, -0.05) is 23.5 Å². The molecule has 0 aliphatic heterocycles. The molecule has 2 aromatic carbocycles. The van der Waals surface area contributed by atoms with E-state index in [9.17, 15) is 0 Å². The van der Waals surface area contributed by atoms with Gasteiger partial charge < -0.3 is 15.2 Å². The summed E-state index contributed by atoms with van der Waals surface area (Å²) in [7, 11) is 1.65. The van der Waals surface area contributed by atoms with E-state index in [1.165, 1.54) is 11.3 Å². The Labute approximate surface area is 120 Å². The molecule has 1 aromatic heterocycles. The lowest BCUT2D eigenvalue weighted by atomic mass is 10.2. The molecular formula is C15H14N2O2S. The Hall–Kier alpha value is -2.27. The Kier molecular flexibility index (Phi) is 3.43. The van der Waals surface area contributed by atoms with Crippen molar-refractivity contribution in [1.82, 2.24) is 4.98 Å². The quantitative estimate of drug-likeness (QED) is 0.746. The standard InChI is InChI=1S/C15H14N2O2S/c1-18-12-5-2-10(3-6-12)9-19-15-17-13-7-4-11(16)8-14(13)20-15/h2-8H,9,16H2,1H3. The fourth-order valence-electron chi connectivity index (χ4n) is 1.85. The van der Waals surface area contributed by atoms with Crippen molar-refractivity contribution < 1.29 is 9.47 Å². The van der Waals surface area contributed by atoms with Crippen LogP contribution in [-0.4, -0.2) is 12.1 Å². The number of anilines is 1. The van der Waals surface area contributed by atoms with E-state index >= 15 is 0 Å². The fourth-order valence-corrected chi connectivity index (χ4v) is 2.71. The van der Waals surface area contributed by atoms with E-state index in [0.717, 1.165) is 27.2 Å². The molecule has 0 saturated heterocycles. The van der Waals surface area contributed by atoms with Crippen molar-refractivity contribution in [3.8, 4) is 10.9 Å². The van der Waals surface area contributed by atoms with Crippen LogP contribution >= 0.6 is 11.3 Å². The molecule has 3 rings (SSSR count). The van der Waals surface area contributed by atoms with Gasteiger partial charge in [0.2, 0.25) is 0 Å². The van der Waals surface area contributed by atoms with Crippen molar-refractivity contribution in [3.63, 3.8) is 0 Å². The highest BCUT2D eigenvalue weighted by molar-refractivity contribution is 7.20. The fraction of sp³-hybridized carbons (Fsp3) is 0.133. The van der Waals surface area contributed by atoms with Gasteiger partial charge >= 0.3 is 0 Å². The zero-order valence-corrected chi connectivity index (χ0v) is 11.8. The SMILES string of the molecule is COc1ccc(COc2nc3ccc(N)cc3s2)cc1. The van der Waals surface area contributed by atoms with Gasteiger partial charge in [-0.2, -0.15) is 0 Å². The van der Waals surface area contributed by atoms with Gasteiger partial charge in [0.15, 0.2) is 0 Å². The third-order valence-electron chi connectivity index (χ3n) is 2.91. The highest BCUT2D eigenvalue weighted by atomic mass is 32.1. The number of benzene rings is 2. The first-order valence-corrected chi connectivity index (χ1v) is 6.98. The Bertz CT molecular complexity index is 722. The molecule has 4 nitrogen and oxygen atoms in total. The first-order chi connectivity index (χ1) is 9.74. The topological polar surface area (TPSA) is 57.4 Å². The summed E-state index contributed by atoms with van der Waals surface area (Å²) in [5, 5.41) is 0.654. The number of fused-ring (bicyclic) bond motifs is 1. The Morgan fingerprint density at radius 1 is 1.15 bits per heavy atom. The van der Waals surface area contributed by atoms with E-state index in [1.54, 1.807) is 7.11 Å². The molecule has 1 heterocycles. The van der Waals surface area contributed by atoms with Crippen molar-refractivity contribution in [2.75, 3.05) is 12.8 Å². The van der Waals surface area contributed by atoms with E-state index in [2.05, 4.69) is 4.98 Å². The molecule has 0 fully saturated rings. The summed E-state index contributed by atoms with van der Waals surface area (Å²) in [6.45, 7) is 0.485. The van der Waals surface area contributed by atoms with Gasteiger partial charge in [0.1, 0.15) is 12.4 Å². The summed E-state index contributed by atoms with van der Waals surface area (Å²) in [4.78, 5) is 4.42. The van der Waals surface area contributed by atoms with Crippen molar-refractivity contribution >= 4 is 27.2 Å². The summed E-state index contributed by atoms with van der Waals surface area (Å²) in [5.41, 5.74) is 8.48. The van der Waals surface area contributed by atoms with Gasteiger partial charge in [-0.15, -0.1) is 0 Å². The van der Waals surface area contributed by atoms with Gasteiger partial charge in [-0.05, 0) is 35.9 Å². The van der Waals surface area contributed by atoms with Crippen LogP contribution in [0, 0.1) is 0 Å². The molecule has 0 saturated carbocycles. The lowest BCUT2D eigenvalue weighted by molar-refractivity contribution is 0.305. The molecule has 102 valence electrons. The second kappa shape index (κ2) is 5.38. The monoisotopic (exact) mass is 286 g/mol. The predicted octanol–water partition coefficient (Wildman–Crippen LogP) is 3.47. The number of thiazole rings is 1.